The van der Waals surface area contributed by atoms with Gasteiger partial charge in [0, 0.05) is 32.2 Å². The molecule has 1 atom stereocenters. The Morgan fingerprint density at radius 3 is 2.54 bits per heavy atom. The summed E-state index contributed by atoms with van der Waals surface area (Å²) in [4.78, 5) is 41.7. The van der Waals surface area contributed by atoms with E-state index in [1.54, 1.807) is 24.3 Å². The Hall–Kier alpha value is -3.51. The zero-order valence-corrected chi connectivity index (χ0v) is 23.6. The van der Waals surface area contributed by atoms with E-state index in [1.165, 1.54) is 13.0 Å². The van der Waals surface area contributed by atoms with Crippen molar-refractivity contribution in [2.24, 2.45) is 0 Å². The standard InChI is InChI=1S/C30H41N3O8/c1-22(35)41-32-20-29(38)33(30(32)39)26-11-8-10-23(17-26)9-4-7-16-40-15-6-3-2-5-14-31-19-28(37)24-12-13-27(36)25(18-24)21-34/h8,10-13,17-18,28,31,34,36-37H,2-7,9,14-16,19-21H2,1H3/t28-/m1/s1. The van der Waals surface area contributed by atoms with Crippen LogP contribution in [0.5, 0.6) is 5.75 Å². The minimum Gasteiger partial charge on any atom is -0.508 e. The van der Waals surface area contributed by atoms with Crippen LogP contribution in [0.15, 0.2) is 42.5 Å². The number of imide groups is 1. The SMILES string of the molecule is CC(=O)ON1CC(=O)N(c2cccc(CCCCOCCCCCCNC[C@@H](O)c3ccc(O)c(CO)c3)c2)C1=O. The maximum Gasteiger partial charge on any atom is 0.365 e. The number of aryl methyl sites for hydroxylation is 1. The van der Waals surface area contributed by atoms with Crippen LogP contribution in [0.2, 0.25) is 0 Å². The third-order valence-corrected chi connectivity index (χ3v) is 6.73. The number of phenols is 1. The van der Waals surface area contributed by atoms with E-state index < -0.39 is 24.0 Å². The predicted molar refractivity (Wildman–Crippen MR) is 152 cm³/mol. The molecule has 11 heteroatoms. The van der Waals surface area contributed by atoms with Crippen molar-refractivity contribution in [1.82, 2.24) is 10.4 Å². The van der Waals surface area contributed by atoms with Crippen LogP contribution in [0.4, 0.5) is 10.5 Å². The van der Waals surface area contributed by atoms with Crippen LogP contribution in [0.1, 0.15) is 68.2 Å². The summed E-state index contributed by atoms with van der Waals surface area (Å²) in [7, 11) is 0. The number of ether oxygens (including phenoxy) is 1. The summed E-state index contributed by atoms with van der Waals surface area (Å²) in [5.74, 6) is -1.08. The first-order chi connectivity index (χ1) is 19.8. The molecule has 1 fully saturated rings. The van der Waals surface area contributed by atoms with E-state index in [0.29, 0.717) is 36.6 Å². The van der Waals surface area contributed by atoms with Gasteiger partial charge in [0.2, 0.25) is 0 Å². The van der Waals surface area contributed by atoms with Crippen molar-refractivity contribution in [3.05, 3.63) is 59.2 Å². The molecule has 224 valence electrons. The molecular weight excluding hydrogens is 530 g/mol. The molecule has 0 aliphatic carbocycles. The molecule has 0 bridgehead atoms. The van der Waals surface area contributed by atoms with Crippen molar-refractivity contribution in [2.75, 3.05) is 37.7 Å². The number of aliphatic hydroxyl groups excluding tert-OH is 2. The van der Waals surface area contributed by atoms with Crippen molar-refractivity contribution in [2.45, 2.75) is 64.6 Å². The fraction of sp³-hybridized carbons (Fsp3) is 0.500. The second kappa shape index (κ2) is 16.7. The summed E-state index contributed by atoms with van der Waals surface area (Å²) in [5.41, 5.74) is 2.53. The highest BCUT2D eigenvalue weighted by Crippen LogP contribution is 2.24. The summed E-state index contributed by atoms with van der Waals surface area (Å²) >= 11 is 0. The zero-order chi connectivity index (χ0) is 29.6. The molecule has 3 rings (SSSR count). The molecule has 0 unspecified atom stereocenters. The lowest BCUT2D eigenvalue weighted by Gasteiger charge is -2.16. The quantitative estimate of drug-likeness (QED) is 0.156. The summed E-state index contributed by atoms with van der Waals surface area (Å²) in [6, 6.07) is 11.3. The minimum atomic E-state index is -0.698. The minimum absolute atomic E-state index is 0.0239. The van der Waals surface area contributed by atoms with Gasteiger partial charge in [-0.15, -0.1) is 5.06 Å². The summed E-state index contributed by atoms with van der Waals surface area (Å²) < 4.78 is 5.75. The molecule has 41 heavy (non-hydrogen) atoms. The summed E-state index contributed by atoms with van der Waals surface area (Å²) in [6.07, 6.45) is 6.03. The maximum absolute atomic E-state index is 12.4. The maximum atomic E-state index is 12.4. The van der Waals surface area contributed by atoms with Gasteiger partial charge < -0.3 is 30.2 Å². The smallest absolute Gasteiger partial charge is 0.365 e. The molecule has 1 aliphatic heterocycles. The monoisotopic (exact) mass is 571 g/mol. The zero-order valence-electron chi connectivity index (χ0n) is 23.6. The Labute approximate surface area is 240 Å². The second-order valence-electron chi connectivity index (χ2n) is 10.1. The number of urea groups is 1. The summed E-state index contributed by atoms with van der Waals surface area (Å²) in [5, 5.41) is 33.2. The van der Waals surface area contributed by atoms with Gasteiger partial charge in [0.1, 0.15) is 12.3 Å². The number of carbonyl (C=O) groups excluding carboxylic acids is 3. The van der Waals surface area contributed by atoms with E-state index in [4.69, 9.17) is 9.57 Å². The number of amides is 3. The largest absolute Gasteiger partial charge is 0.508 e. The lowest BCUT2D eigenvalue weighted by atomic mass is 10.1. The number of hydroxylamine groups is 2. The highest BCUT2D eigenvalue weighted by Gasteiger charge is 2.39. The number of hydrogen-bond donors (Lipinski definition) is 4. The molecule has 0 saturated carbocycles. The molecule has 2 aromatic rings. The lowest BCUT2D eigenvalue weighted by molar-refractivity contribution is -0.171. The van der Waals surface area contributed by atoms with Gasteiger partial charge in [-0.2, -0.15) is 0 Å². The van der Waals surface area contributed by atoms with Crippen LogP contribution < -0.4 is 10.2 Å². The molecule has 3 amide bonds. The van der Waals surface area contributed by atoms with Crippen molar-refractivity contribution in [1.29, 1.82) is 0 Å². The fourth-order valence-electron chi connectivity index (χ4n) is 4.55. The first kappa shape index (κ1) is 32.0. The van der Waals surface area contributed by atoms with Gasteiger partial charge in [-0.05, 0) is 74.0 Å². The number of benzene rings is 2. The Morgan fingerprint density at radius 1 is 1.02 bits per heavy atom. The average molecular weight is 572 g/mol. The molecular formula is C30H41N3O8. The van der Waals surface area contributed by atoms with Crippen LogP contribution in [0.25, 0.3) is 0 Å². The van der Waals surface area contributed by atoms with Gasteiger partial charge in [-0.25, -0.2) is 9.69 Å². The number of rotatable bonds is 18. The van der Waals surface area contributed by atoms with Crippen LogP contribution in [-0.2, 0) is 32.2 Å². The van der Waals surface area contributed by atoms with E-state index in [1.807, 2.05) is 12.1 Å². The number of carbonyl (C=O) groups is 3. The summed E-state index contributed by atoms with van der Waals surface area (Å²) in [6.45, 7) is 3.21. The number of aliphatic hydroxyl groups is 2. The van der Waals surface area contributed by atoms with Gasteiger partial charge in [-0.1, -0.05) is 31.0 Å². The van der Waals surface area contributed by atoms with E-state index in [2.05, 4.69) is 5.32 Å². The predicted octanol–water partition coefficient (Wildman–Crippen LogP) is 3.35. The third-order valence-electron chi connectivity index (χ3n) is 6.73. The van der Waals surface area contributed by atoms with Crippen LogP contribution in [0.3, 0.4) is 0 Å². The van der Waals surface area contributed by atoms with Crippen molar-refractivity contribution in [3.8, 4) is 5.75 Å². The normalized spacial score (nSPS) is 14.1. The second-order valence-corrected chi connectivity index (χ2v) is 10.1. The molecule has 11 nitrogen and oxygen atoms in total. The first-order valence-corrected chi connectivity index (χ1v) is 14.1. The molecule has 4 N–H and O–H groups in total. The van der Waals surface area contributed by atoms with Gasteiger partial charge in [-0.3, -0.25) is 9.59 Å². The Morgan fingerprint density at radius 2 is 1.78 bits per heavy atom. The van der Waals surface area contributed by atoms with E-state index >= 15 is 0 Å². The van der Waals surface area contributed by atoms with Crippen LogP contribution >= 0.6 is 0 Å². The average Bonchev–Trinajstić information content (AvgIpc) is 3.22. The molecule has 1 aliphatic rings. The highest BCUT2D eigenvalue weighted by molar-refractivity contribution is 6.19. The van der Waals surface area contributed by atoms with Gasteiger partial charge in [0.05, 0.1) is 18.4 Å². The van der Waals surface area contributed by atoms with Crippen LogP contribution in [-0.4, -0.2) is 71.1 Å². The van der Waals surface area contributed by atoms with E-state index in [0.717, 1.165) is 67.0 Å². The molecule has 1 heterocycles. The third kappa shape index (κ3) is 10.1. The number of nitrogens with one attached hydrogen (secondary N) is 1. The van der Waals surface area contributed by atoms with Crippen LogP contribution in [0, 0.1) is 0 Å². The number of hydrogen-bond acceptors (Lipinski definition) is 9. The Balaban J connectivity index is 1.20. The Bertz CT molecular complexity index is 1160. The van der Waals surface area contributed by atoms with Gasteiger partial charge in [0.25, 0.3) is 5.91 Å². The molecule has 2 aromatic carbocycles. The number of aromatic hydroxyl groups is 1. The molecule has 0 radical (unpaired) electrons. The topological polar surface area (TPSA) is 149 Å². The number of nitrogens with zero attached hydrogens (tertiary/aromatic N) is 2. The fourth-order valence-corrected chi connectivity index (χ4v) is 4.55. The van der Waals surface area contributed by atoms with E-state index in [-0.39, 0.29) is 18.9 Å². The number of unbranched alkanes of at least 4 members (excludes halogenated alkanes) is 4. The van der Waals surface area contributed by atoms with Crippen molar-refractivity contribution >= 4 is 23.6 Å². The van der Waals surface area contributed by atoms with Crippen molar-refractivity contribution < 1.29 is 39.3 Å². The van der Waals surface area contributed by atoms with Gasteiger partial charge in [0.15, 0.2) is 0 Å². The molecule has 1 saturated heterocycles. The Kier molecular flexibility index (Phi) is 13.0. The highest BCUT2D eigenvalue weighted by atomic mass is 16.7. The van der Waals surface area contributed by atoms with Crippen molar-refractivity contribution in [3.63, 3.8) is 0 Å². The first-order valence-electron chi connectivity index (χ1n) is 14.1. The van der Waals surface area contributed by atoms with E-state index in [9.17, 15) is 29.7 Å². The number of anilines is 1. The van der Waals surface area contributed by atoms with Gasteiger partial charge >= 0.3 is 12.0 Å². The molecule has 0 spiro atoms. The molecule has 0 aromatic heterocycles. The lowest BCUT2D eigenvalue weighted by Crippen LogP contribution is -2.34.